The van der Waals surface area contributed by atoms with Crippen molar-refractivity contribution >= 4 is 11.3 Å². The minimum absolute atomic E-state index is 0.710. The monoisotopic (exact) mass is 295 g/mol. The molecule has 0 amide bonds. The maximum absolute atomic E-state index is 4.90. The zero-order valence-corrected chi connectivity index (χ0v) is 14.1. The molecule has 1 aliphatic heterocycles. The van der Waals surface area contributed by atoms with Crippen LogP contribution in [-0.2, 0) is 19.5 Å². The molecule has 2 heterocycles. The molecular formula is C16H29N3S. The molecule has 20 heavy (non-hydrogen) atoms. The molecule has 4 heteroatoms. The van der Waals surface area contributed by atoms with Gasteiger partial charge in [0.2, 0.25) is 0 Å². The highest BCUT2D eigenvalue weighted by molar-refractivity contribution is 7.11. The first-order valence-corrected chi connectivity index (χ1v) is 8.91. The van der Waals surface area contributed by atoms with Gasteiger partial charge >= 0.3 is 0 Å². The van der Waals surface area contributed by atoms with E-state index in [1.54, 1.807) is 0 Å². The van der Waals surface area contributed by atoms with Crippen molar-refractivity contribution in [2.75, 3.05) is 19.6 Å². The maximum atomic E-state index is 4.90. The zero-order chi connectivity index (χ0) is 14.4. The molecule has 0 spiro atoms. The van der Waals surface area contributed by atoms with E-state index in [0.717, 1.165) is 26.1 Å². The number of rotatable bonds is 8. The van der Waals surface area contributed by atoms with Gasteiger partial charge in [-0.3, -0.25) is 4.90 Å². The SMILES string of the molecule is CCCc1nc(CN2CCCC2)sc1CNCC(C)C. The van der Waals surface area contributed by atoms with Crippen molar-refractivity contribution in [1.82, 2.24) is 15.2 Å². The molecule has 1 fully saturated rings. The van der Waals surface area contributed by atoms with Crippen molar-refractivity contribution in [3.8, 4) is 0 Å². The Kier molecular flexibility index (Phi) is 6.46. The van der Waals surface area contributed by atoms with Gasteiger partial charge in [0.25, 0.3) is 0 Å². The van der Waals surface area contributed by atoms with E-state index >= 15 is 0 Å². The molecular weight excluding hydrogens is 266 g/mol. The van der Waals surface area contributed by atoms with Crippen LogP contribution in [-0.4, -0.2) is 29.5 Å². The Morgan fingerprint density at radius 1 is 1.30 bits per heavy atom. The first-order valence-electron chi connectivity index (χ1n) is 8.09. The fraction of sp³-hybridized carbons (Fsp3) is 0.812. The van der Waals surface area contributed by atoms with Gasteiger partial charge in [-0.1, -0.05) is 27.2 Å². The van der Waals surface area contributed by atoms with Crippen molar-refractivity contribution < 1.29 is 0 Å². The highest BCUT2D eigenvalue weighted by atomic mass is 32.1. The van der Waals surface area contributed by atoms with Crippen LogP contribution in [0.5, 0.6) is 0 Å². The number of aryl methyl sites for hydroxylation is 1. The average Bonchev–Trinajstić information content (AvgIpc) is 3.01. The van der Waals surface area contributed by atoms with Crippen molar-refractivity contribution in [1.29, 1.82) is 0 Å². The van der Waals surface area contributed by atoms with Gasteiger partial charge in [-0.15, -0.1) is 11.3 Å². The predicted molar refractivity (Wildman–Crippen MR) is 87.2 cm³/mol. The topological polar surface area (TPSA) is 28.2 Å². The molecule has 2 rings (SSSR count). The summed E-state index contributed by atoms with van der Waals surface area (Å²) in [6.45, 7) is 12.4. The fourth-order valence-corrected chi connectivity index (χ4v) is 3.81. The largest absolute Gasteiger partial charge is 0.312 e. The van der Waals surface area contributed by atoms with E-state index in [1.807, 2.05) is 11.3 Å². The molecule has 0 aliphatic carbocycles. The summed E-state index contributed by atoms with van der Waals surface area (Å²) in [5.74, 6) is 0.710. The van der Waals surface area contributed by atoms with E-state index in [1.165, 1.54) is 47.9 Å². The zero-order valence-electron chi connectivity index (χ0n) is 13.2. The lowest BCUT2D eigenvalue weighted by Crippen LogP contribution is -2.19. The molecule has 1 aromatic rings. The summed E-state index contributed by atoms with van der Waals surface area (Å²) in [6, 6.07) is 0. The van der Waals surface area contributed by atoms with E-state index in [4.69, 9.17) is 4.98 Å². The van der Waals surface area contributed by atoms with E-state index < -0.39 is 0 Å². The molecule has 1 saturated heterocycles. The van der Waals surface area contributed by atoms with Crippen LogP contribution in [0.15, 0.2) is 0 Å². The molecule has 1 aromatic heterocycles. The summed E-state index contributed by atoms with van der Waals surface area (Å²) in [5.41, 5.74) is 1.34. The summed E-state index contributed by atoms with van der Waals surface area (Å²) < 4.78 is 0. The smallest absolute Gasteiger partial charge is 0.107 e. The predicted octanol–water partition coefficient (Wildman–Crippen LogP) is 3.44. The summed E-state index contributed by atoms with van der Waals surface area (Å²) in [5, 5.41) is 4.88. The van der Waals surface area contributed by atoms with Gasteiger partial charge in [-0.25, -0.2) is 4.98 Å². The van der Waals surface area contributed by atoms with Gasteiger partial charge in [-0.2, -0.15) is 0 Å². The second-order valence-corrected chi connectivity index (χ2v) is 7.40. The highest BCUT2D eigenvalue weighted by Gasteiger charge is 2.16. The highest BCUT2D eigenvalue weighted by Crippen LogP contribution is 2.23. The van der Waals surface area contributed by atoms with Crippen LogP contribution in [0.1, 0.15) is 55.6 Å². The van der Waals surface area contributed by atoms with Gasteiger partial charge in [0.1, 0.15) is 5.01 Å². The third-order valence-corrected chi connectivity index (χ3v) is 4.79. The van der Waals surface area contributed by atoms with Crippen LogP contribution >= 0.6 is 11.3 Å². The summed E-state index contributed by atoms with van der Waals surface area (Å²) in [4.78, 5) is 8.90. The van der Waals surface area contributed by atoms with Crippen LogP contribution in [0.4, 0.5) is 0 Å². The molecule has 0 unspecified atom stereocenters. The number of hydrogen-bond donors (Lipinski definition) is 1. The Hall–Kier alpha value is -0.450. The standard InChI is InChI=1S/C16H29N3S/c1-4-7-14-15(11-17-10-13(2)3)20-16(18-14)12-19-8-5-6-9-19/h13,17H,4-12H2,1-3H3. The first-order chi connectivity index (χ1) is 9.69. The number of aromatic nitrogens is 1. The molecule has 0 atom stereocenters. The molecule has 0 radical (unpaired) electrons. The third kappa shape index (κ3) is 4.83. The minimum Gasteiger partial charge on any atom is -0.312 e. The van der Waals surface area contributed by atoms with Crippen LogP contribution < -0.4 is 5.32 Å². The number of nitrogens with one attached hydrogen (secondary N) is 1. The summed E-state index contributed by atoms with van der Waals surface area (Å²) in [6.07, 6.45) is 5.02. The van der Waals surface area contributed by atoms with Gasteiger partial charge in [0.15, 0.2) is 0 Å². The second kappa shape index (κ2) is 8.11. The molecule has 1 N–H and O–H groups in total. The van der Waals surface area contributed by atoms with Gasteiger partial charge in [0, 0.05) is 11.4 Å². The lowest BCUT2D eigenvalue weighted by molar-refractivity contribution is 0.330. The first kappa shape index (κ1) is 15.9. The lowest BCUT2D eigenvalue weighted by Gasteiger charge is -2.11. The molecule has 114 valence electrons. The van der Waals surface area contributed by atoms with E-state index in [0.29, 0.717) is 5.92 Å². The maximum Gasteiger partial charge on any atom is 0.107 e. The van der Waals surface area contributed by atoms with Crippen LogP contribution in [0.25, 0.3) is 0 Å². The molecule has 0 aromatic carbocycles. The van der Waals surface area contributed by atoms with Crippen LogP contribution in [0.2, 0.25) is 0 Å². The number of likely N-dealkylation sites (tertiary alicyclic amines) is 1. The van der Waals surface area contributed by atoms with Crippen LogP contribution in [0, 0.1) is 5.92 Å². The molecule has 0 bridgehead atoms. The average molecular weight is 295 g/mol. The van der Waals surface area contributed by atoms with Crippen molar-refractivity contribution in [3.05, 3.63) is 15.6 Å². The van der Waals surface area contributed by atoms with E-state index in [9.17, 15) is 0 Å². The van der Waals surface area contributed by atoms with Crippen molar-refractivity contribution in [3.63, 3.8) is 0 Å². The Labute approximate surface area is 127 Å². The Morgan fingerprint density at radius 3 is 2.70 bits per heavy atom. The fourth-order valence-electron chi connectivity index (χ4n) is 2.68. The Bertz CT molecular complexity index is 394. The van der Waals surface area contributed by atoms with Gasteiger partial charge in [-0.05, 0) is 44.8 Å². The summed E-state index contributed by atoms with van der Waals surface area (Å²) >= 11 is 1.92. The number of nitrogens with zero attached hydrogens (tertiary/aromatic N) is 2. The Morgan fingerprint density at radius 2 is 2.05 bits per heavy atom. The Balaban J connectivity index is 1.94. The normalized spacial score (nSPS) is 16.4. The third-order valence-electron chi connectivity index (χ3n) is 3.71. The second-order valence-electron chi connectivity index (χ2n) is 6.24. The van der Waals surface area contributed by atoms with E-state index in [-0.39, 0.29) is 0 Å². The lowest BCUT2D eigenvalue weighted by atomic mass is 10.2. The number of thiazole rings is 1. The summed E-state index contributed by atoms with van der Waals surface area (Å²) in [7, 11) is 0. The van der Waals surface area contributed by atoms with E-state index in [2.05, 4.69) is 31.0 Å². The minimum atomic E-state index is 0.710. The number of hydrogen-bond acceptors (Lipinski definition) is 4. The quantitative estimate of drug-likeness (QED) is 0.796. The van der Waals surface area contributed by atoms with Crippen molar-refractivity contribution in [2.24, 2.45) is 5.92 Å². The van der Waals surface area contributed by atoms with Crippen LogP contribution in [0.3, 0.4) is 0 Å². The molecule has 1 aliphatic rings. The van der Waals surface area contributed by atoms with Gasteiger partial charge < -0.3 is 5.32 Å². The molecule has 0 saturated carbocycles. The molecule has 3 nitrogen and oxygen atoms in total. The van der Waals surface area contributed by atoms with Crippen molar-refractivity contribution in [2.45, 2.75) is 59.5 Å². The van der Waals surface area contributed by atoms with Gasteiger partial charge in [0.05, 0.1) is 12.2 Å².